The third-order valence-electron chi connectivity index (χ3n) is 4.07. The zero-order valence-electron chi connectivity index (χ0n) is 15.2. The monoisotopic (exact) mass is 398 g/mol. The zero-order valence-corrected chi connectivity index (χ0v) is 15.2. The smallest absolute Gasteiger partial charge is 0.275 e. The number of carbonyl (C=O) groups is 1. The largest absolute Gasteiger partial charge is 0.507 e. The highest BCUT2D eigenvalue weighted by molar-refractivity contribution is 5.98. The molecule has 0 saturated heterocycles. The number of benzene rings is 3. The van der Waals surface area contributed by atoms with Crippen LogP contribution in [0.25, 0.3) is 11.1 Å². The van der Waals surface area contributed by atoms with Gasteiger partial charge in [0, 0.05) is 11.6 Å². The predicted octanol–water partition coefficient (Wildman–Crippen LogP) is 3.82. The molecule has 0 bridgehead atoms. The van der Waals surface area contributed by atoms with E-state index in [0.29, 0.717) is 5.56 Å². The highest BCUT2D eigenvalue weighted by atomic mass is 19.1. The van der Waals surface area contributed by atoms with E-state index in [-0.39, 0.29) is 33.9 Å². The van der Waals surface area contributed by atoms with Crippen LogP contribution in [0.1, 0.15) is 15.9 Å². The number of amides is 1. The Labute approximate surface area is 164 Å². The predicted molar refractivity (Wildman–Crippen MR) is 103 cm³/mol. The van der Waals surface area contributed by atoms with Crippen LogP contribution in [0.3, 0.4) is 0 Å². The number of nitrogens with one attached hydrogen (secondary N) is 1. The second kappa shape index (κ2) is 8.39. The summed E-state index contributed by atoms with van der Waals surface area (Å²) in [7, 11) is 1.40. The molecule has 0 aliphatic rings. The van der Waals surface area contributed by atoms with E-state index < -0.39 is 17.5 Å². The number of methoxy groups -OCH3 is 1. The van der Waals surface area contributed by atoms with Gasteiger partial charge in [-0.3, -0.25) is 4.79 Å². The van der Waals surface area contributed by atoms with E-state index in [2.05, 4.69) is 10.5 Å². The molecular formula is C21H16F2N2O4. The van der Waals surface area contributed by atoms with Crippen molar-refractivity contribution in [3.8, 4) is 28.4 Å². The molecular weight excluding hydrogens is 382 g/mol. The number of aromatic hydroxyl groups is 2. The van der Waals surface area contributed by atoms with Crippen molar-refractivity contribution in [1.29, 1.82) is 0 Å². The number of hydrazone groups is 1. The maximum Gasteiger partial charge on any atom is 0.275 e. The van der Waals surface area contributed by atoms with Crippen LogP contribution < -0.4 is 10.2 Å². The number of nitrogens with zero attached hydrogens (tertiary/aromatic N) is 1. The lowest BCUT2D eigenvalue weighted by Crippen LogP contribution is -2.17. The summed E-state index contributed by atoms with van der Waals surface area (Å²) in [6.45, 7) is 0. The van der Waals surface area contributed by atoms with Crippen molar-refractivity contribution in [1.82, 2.24) is 5.43 Å². The van der Waals surface area contributed by atoms with Crippen LogP contribution in [0.5, 0.6) is 17.2 Å². The Morgan fingerprint density at radius 2 is 1.79 bits per heavy atom. The highest BCUT2D eigenvalue weighted by Gasteiger charge is 2.14. The Morgan fingerprint density at radius 1 is 1.03 bits per heavy atom. The number of ether oxygens (including phenoxy) is 1. The average Bonchev–Trinajstić information content (AvgIpc) is 2.70. The summed E-state index contributed by atoms with van der Waals surface area (Å²) in [6.07, 6.45) is 1.32. The van der Waals surface area contributed by atoms with Crippen LogP contribution >= 0.6 is 0 Å². The van der Waals surface area contributed by atoms with Crippen LogP contribution in [0, 0.1) is 11.6 Å². The van der Waals surface area contributed by atoms with Crippen LogP contribution in [0.15, 0.2) is 59.7 Å². The standard InChI is InChI=1S/C21H16F2N2O4/c1-29-20-8-12(2-6-19(20)27)11-24-25-21(28)16-9-13(3-7-18(16)26)15-5-4-14(22)10-17(15)23/h2-11,26-27H,1H3,(H,25,28)/b24-11+. The van der Waals surface area contributed by atoms with E-state index in [1.807, 2.05) is 0 Å². The fraction of sp³-hybridized carbons (Fsp3) is 0.0476. The maximum atomic E-state index is 14.0. The SMILES string of the molecule is COc1cc(/C=N/NC(=O)c2cc(-c3ccc(F)cc3F)ccc2O)ccc1O. The molecule has 0 atom stereocenters. The van der Waals surface area contributed by atoms with Crippen molar-refractivity contribution in [2.24, 2.45) is 5.10 Å². The van der Waals surface area contributed by atoms with Gasteiger partial charge in [0.05, 0.1) is 18.9 Å². The molecule has 3 rings (SSSR count). The van der Waals surface area contributed by atoms with Crippen molar-refractivity contribution in [2.75, 3.05) is 7.11 Å². The molecule has 0 spiro atoms. The van der Waals surface area contributed by atoms with Gasteiger partial charge in [-0.05, 0) is 53.6 Å². The Hall–Kier alpha value is -3.94. The Balaban J connectivity index is 1.80. The van der Waals surface area contributed by atoms with Crippen molar-refractivity contribution >= 4 is 12.1 Å². The average molecular weight is 398 g/mol. The molecule has 3 N–H and O–H groups in total. The number of phenols is 2. The van der Waals surface area contributed by atoms with Gasteiger partial charge in [0.15, 0.2) is 11.5 Å². The molecule has 0 saturated carbocycles. The third-order valence-corrected chi connectivity index (χ3v) is 4.07. The molecule has 0 unspecified atom stereocenters. The lowest BCUT2D eigenvalue weighted by atomic mass is 10.0. The highest BCUT2D eigenvalue weighted by Crippen LogP contribution is 2.28. The van der Waals surface area contributed by atoms with E-state index in [1.54, 1.807) is 6.07 Å². The van der Waals surface area contributed by atoms with E-state index >= 15 is 0 Å². The number of rotatable bonds is 5. The van der Waals surface area contributed by atoms with Crippen molar-refractivity contribution < 1.29 is 28.5 Å². The number of halogens is 2. The lowest BCUT2D eigenvalue weighted by molar-refractivity contribution is 0.0952. The Kier molecular flexibility index (Phi) is 5.73. The van der Waals surface area contributed by atoms with Gasteiger partial charge in [0.2, 0.25) is 0 Å². The minimum Gasteiger partial charge on any atom is -0.507 e. The van der Waals surface area contributed by atoms with Crippen LogP contribution in [0.4, 0.5) is 8.78 Å². The minimum atomic E-state index is -0.790. The molecule has 0 aliphatic carbocycles. The first kappa shape index (κ1) is 19.8. The summed E-state index contributed by atoms with van der Waals surface area (Å²) in [4.78, 5) is 12.4. The van der Waals surface area contributed by atoms with Crippen molar-refractivity contribution in [2.45, 2.75) is 0 Å². The topological polar surface area (TPSA) is 91.2 Å². The molecule has 0 heterocycles. The van der Waals surface area contributed by atoms with E-state index in [1.165, 1.54) is 49.7 Å². The molecule has 1 amide bonds. The van der Waals surface area contributed by atoms with E-state index in [9.17, 15) is 23.8 Å². The van der Waals surface area contributed by atoms with E-state index in [0.717, 1.165) is 12.1 Å². The van der Waals surface area contributed by atoms with Gasteiger partial charge in [0.1, 0.15) is 17.4 Å². The minimum absolute atomic E-state index is 0.0385. The summed E-state index contributed by atoms with van der Waals surface area (Å²) in [5, 5.41) is 23.3. The molecule has 148 valence electrons. The molecule has 3 aromatic rings. The van der Waals surface area contributed by atoms with Gasteiger partial charge in [-0.25, -0.2) is 14.2 Å². The van der Waals surface area contributed by atoms with Gasteiger partial charge < -0.3 is 14.9 Å². The second-order valence-electron chi connectivity index (χ2n) is 5.99. The first-order valence-corrected chi connectivity index (χ1v) is 8.38. The quantitative estimate of drug-likeness (QED) is 0.450. The summed E-state index contributed by atoms with van der Waals surface area (Å²) in [6, 6.07) is 11.5. The molecule has 0 aromatic heterocycles. The zero-order chi connectivity index (χ0) is 21.0. The summed E-state index contributed by atoms with van der Waals surface area (Å²) in [5.41, 5.74) is 3.04. The molecule has 8 heteroatoms. The number of phenolic OH excluding ortho intramolecular Hbond substituents is 2. The normalized spacial score (nSPS) is 10.9. The fourth-order valence-electron chi connectivity index (χ4n) is 2.61. The number of hydrogen-bond acceptors (Lipinski definition) is 5. The molecule has 0 radical (unpaired) electrons. The van der Waals surface area contributed by atoms with Crippen molar-refractivity contribution in [3.63, 3.8) is 0 Å². The Bertz CT molecular complexity index is 1100. The van der Waals surface area contributed by atoms with Crippen LogP contribution in [-0.4, -0.2) is 29.4 Å². The molecule has 0 fully saturated rings. The summed E-state index contributed by atoms with van der Waals surface area (Å²) in [5.74, 6) is -2.36. The van der Waals surface area contributed by atoms with Crippen LogP contribution in [0.2, 0.25) is 0 Å². The number of hydrogen-bond donors (Lipinski definition) is 3. The lowest BCUT2D eigenvalue weighted by Gasteiger charge is -2.08. The molecule has 29 heavy (non-hydrogen) atoms. The Morgan fingerprint density at radius 3 is 2.52 bits per heavy atom. The maximum absolute atomic E-state index is 14.0. The number of carbonyl (C=O) groups excluding carboxylic acids is 1. The summed E-state index contributed by atoms with van der Waals surface area (Å²) >= 11 is 0. The van der Waals surface area contributed by atoms with Gasteiger partial charge in [-0.15, -0.1) is 0 Å². The van der Waals surface area contributed by atoms with Gasteiger partial charge >= 0.3 is 0 Å². The summed E-state index contributed by atoms with van der Waals surface area (Å²) < 4.78 is 32.1. The van der Waals surface area contributed by atoms with Crippen LogP contribution in [-0.2, 0) is 0 Å². The van der Waals surface area contributed by atoms with Gasteiger partial charge in [0.25, 0.3) is 5.91 Å². The first-order valence-electron chi connectivity index (χ1n) is 8.38. The first-order chi connectivity index (χ1) is 13.9. The molecule has 6 nitrogen and oxygen atoms in total. The molecule has 3 aromatic carbocycles. The van der Waals surface area contributed by atoms with Gasteiger partial charge in [-0.2, -0.15) is 5.10 Å². The van der Waals surface area contributed by atoms with Crippen molar-refractivity contribution in [3.05, 3.63) is 77.4 Å². The molecule has 0 aliphatic heterocycles. The second-order valence-corrected chi connectivity index (χ2v) is 5.99. The van der Waals surface area contributed by atoms with E-state index in [4.69, 9.17) is 4.74 Å². The third kappa shape index (κ3) is 4.49. The van der Waals surface area contributed by atoms with Gasteiger partial charge in [-0.1, -0.05) is 6.07 Å². The fourth-order valence-corrected chi connectivity index (χ4v) is 2.61.